The molecule has 2 aromatic heterocycles. The average Bonchev–Trinajstić information content (AvgIpc) is 3.05. The highest BCUT2D eigenvalue weighted by atomic mass is 16.5. The number of nitrogens with zero attached hydrogens (tertiary/aromatic N) is 2. The van der Waals surface area contributed by atoms with Gasteiger partial charge in [0.15, 0.2) is 5.69 Å². The summed E-state index contributed by atoms with van der Waals surface area (Å²) in [7, 11) is 0. The predicted octanol–water partition coefficient (Wildman–Crippen LogP) is 3.07. The topological polar surface area (TPSA) is 79.9 Å². The van der Waals surface area contributed by atoms with Crippen LogP contribution in [-0.4, -0.2) is 27.7 Å². The zero-order chi connectivity index (χ0) is 16.8. The number of unbranched alkanes of at least 4 members (excludes halogenated alkanes) is 1. The standard InChI is InChI=1S/C18H20N4O2/c1-2-3-11-24-18-13(7-6-10-19-18)12-20-17(23)16-14-8-4-5-9-15(14)21-22-16/h4-10H,2-3,11-12H2,1H3,(H,20,23)(H,21,22). The van der Waals surface area contributed by atoms with Gasteiger partial charge >= 0.3 is 0 Å². The molecule has 0 unspecified atom stereocenters. The van der Waals surface area contributed by atoms with Gasteiger partial charge in [-0.2, -0.15) is 5.10 Å². The monoisotopic (exact) mass is 324 g/mol. The number of ether oxygens (including phenoxy) is 1. The van der Waals surface area contributed by atoms with Crippen LogP contribution in [0.3, 0.4) is 0 Å². The lowest BCUT2D eigenvalue weighted by atomic mass is 10.2. The van der Waals surface area contributed by atoms with Crippen LogP contribution in [0, 0.1) is 0 Å². The highest BCUT2D eigenvalue weighted by Crippen LogP contribution is 2.17. The summed E-state index contributed by atoms with van der Waals surface area (Å²) >= 11 is 0. The fraction of sp³-hybridized carbons (Fsp3) is 0.278. The number of rotatable bonds is 7. The fourth-order valence-corrected chi connectivity index (χ4v) is 2.40. The van der Waals surface area contributed by atoms with Gasteiger partial charge in [0.25, 0.3) is 5.91 Å². The number of hydrogen-bond acceptors (Lipinski definition) is 4. The van der Waals surface area contributed by atoms with E-state index in [1.54, 1.807) is 6.20 Å². The van der Waals surface area contributed by atoms with Crippen molar-refractivity contribution in [1.82, 2.24) is 20.5 Å². The minimum atomic E-state index is -0.226. The lowest BCUT2D eigenvalue weighted by Crippen LogP contribution is -2.24. The summed E-state index contributed by atoms with van der Waals surface area (Å²) in [5, 5.41) is 10.7. The molecule has 0 aliphatic rings. The molecule has 2 heterocycles. The molecule has 0 fully saturated rings. The van der Waals surface area contributed by atoms with Crippen LogP contribution >= 0.6 is 0 Å². The number of amides is 1. The van der Waals surface area contributed by atoms with Crippen LogP contribution in [0.15, 0.2) is 42.6 Å². The van der Waals surface area contributed by atoms with E-state index < -0.39 is 0 Å². The van der Waals surface area contributed by atoms with E-state index in [0.29, 0.717) is 24.7 Å². The van der Waals surface area contributed by atoms with Gasteiger partial charge in [-0.1, -0.05) is 37.6 Å². The number of hydrogen-bond donors (Lipinski definition) is 2. The van der Waals surface area contributed by atoms with Crippen LogP contribution in [0.4, 0.5) is 0 Å². The average molecular weight is 324 g/mol. The number of aromatic nitrogens is 3. The maximum Gasteiger partial charge on any atom is 0.272 e. The summed E-state index contributed by atoms with van der Waals surface area (Å²) in [6.45, 7) is 3.07. The van der Waals surface area contributed by atoms with Crippen LogP contribution in [0.5, 0.6) is 5.88 Å². The van der Waals surface area contributed by atoms with E-state index in [1.165, 1.54) is 0 Å². The number of para-hydroxylation sites is 1. The Labute approximate surface area is 140 Å². The Balaban J connectivity index is 1.68. The zero-order valence-corrected chi connectivity index (χ0v) is 13.6. The van der Waals surface area contributed by atoms with Crippen molar-refractivity contribution in [3.8, 4) is 5.88 Å². The number of fused-ring (bicyclic) bond motifs is 1. The second kappa shape index (κ2) is 7.59. The summed E-state index contributed by atoms with van der Waals surface area (Å²) < 4.78 is 5.69. The van der Waals surface area contributed by atoms with Crippen LogP contribution < -0.4 is 10.1 Å². The van der Waals surface area contributed by atoms with Gasteiger partial charge in [0.1, 0.15) is 0 Å². The number of pyridine rings is 1. The molecule has 6 nitrogen and oxygen atoms in total. The van der Waals surface area contributed by atoms with Gasteiger partial charge in [-0.05, 0) is 18.6 Å². The molecular formula is C18H20N4O2. The summed E-state index contributed by atoms with van der Waals surface area (Å²) in [6, 6.07) is 11.3. The molecule has 0 aliphatic heterocycles. The third-order valence-corrected chi connectivity index (χ3v) is 3.71. The van der Waals surface area contributed by atoms with Gasteiger partial charge in [-0.3, -0.25) is 9.89 Å². The van der Waals surface area contributed by atoms with E-state index in [9.17, 15) is 4.79 Å². The van der Waals surface area contributed by atoms with Crippen molar-refractivity contribution in [1.29, 1.82) is 0 Å². The molecule has 124 valence electrons. The highest BCUT2D eigenvalue weighted by molar-refractivity contribution is 6.04. The molecule has 3 aromatic rings. The Morgan fingerprint density at radius 1 is 1.25 bits per heavy atom. The molecule has 0 atom stereocenters. The van der Waals surface area contributed by atoms with Crippen molar-refractivity contribution < 1.29 is 9.53 Å². The molecule has 2 N–H and O–H groups in total. The molecule has 1 aromatic carbocycles. The molecule has 0 saturated carbocycles. The first-order chi connectivity index (χ1) is 11.8. The second-order valence-corrected chi connectivity index (χ2v) is 5.47. The minimum Gasteiger partial charge on any atom is -0.477 e. The number of carbonyl (C=O) groups is 1. The maximum atomic E-state index is 12.4. The molecule has 0 radical (unpaired) electrons. The van der Waals surface area contributed by atoms with Crippen LogP contribution in [0.1, 0.15) is 35.8 Å². The first kappa shape index (κ1) is 16.0. The number of aromatic amines is 1. The largest absolute Gasteiger partial charge is 0.477 e. The molecule has 0 saturated heterocycles. The van der Waals surface area contributed by atoms with Crippen molar-refractivity contribution in [3.05, 3.63) is 53.9 Å². The van der Waals surface area contributed by atoms with Gasteiger partial charge in [0.2, 0.25) is 5.88 Å². The van der Waals surface area contributed by atoms with Crippen molar-refractivity contribution in [3.63, 3.8) is 0 Å². The Hall–Kier alpha value is -2.89. The Bertz CT molecular complexity index is 829. The van der Waals surface area contributed by atoms with Crippen molar-refractivity contribution >= 4 is 16.8 Å². The molecule has 3 rings (SSSR count). The first-order valence-corrected chi connectivity index (χ1v) is 8.07. The van der Waals surface area contributed by atoms with Crippen molar-refractivity contribution in [2.75, 3.05) is 6.61 Å². The molecule has 24 heavy (non-hydrogen) atoms. The second-order valence-electron chi connectivity index (χ2n) is 5.47. The molecule has 6 heteroatoms. The normalized spacial score (nSPS) is 10.7. The van der Waals surface area contributed by atoms with Crippen LogP contribution in [0.2, 0.25) is 0 Å². The molecular weight excluding hydrogens is 304 g/mol. The molecule has 0 bridgehead atoms. The van der Waals surface area contributed by atoms with Gasteiger partial charge in [0.05, 0.1) is 12.1 Å². The lowest BCUT2D eigenvalue weighted by molar-refractivity contribution is 0.0947. The zero-order valence-electron chi connectivity index (χ0n) is 13.6. The molecule has 1 amide bonds. The van der Waals surface area contributed by atoms with Gasteiger partial charge in [0, 0.05) is 23.7 Å². The van der Waals surface area contributed by atoms with Crippen LogP contribution in [0.25, 0.3) is 10.9 Å². The van der Waals surface area contributed by atoms with E-state index in [1.807, 2.05) is 36.4 Å². The third kappa shape index (κ3) is 3.53. The van der Waals surface area contributed by atoms with E-state index in [0.717, 1.165) is 29.3 Å². The highest BCUT2D eigenvalue weighted by Gasteiger charge is 2.14. The van der Waals surface area contributed by atoms with E-state index in [-0.39, 0.29) is 5.91 Å². The van der Waals surface area contributed by atoms with E-state index in [2.05, 4.69) is 27.4 Å². The summed E-state index contributed by atoms with van der Waals surface area (Å²) in [4.78, 5) is 16.7. The minimum absolute atomic E-state index is 0.226. The summed E-state index contributed by atoms with van der Waals surface area (Å²) in [5.74, 6) is 0.342. The third-order valence-electron chi connectivity index (χ3n) is 3.71. The number of nitrogens with one attached hydrogen (secondary N) is 2. The maximum absolute atomic E-state index is 12.4. The van der Waals surface area contributed by atoms with Gasteiger partial charge < -0.3 is 10.1 Å². The fourth-order valence-electron chi connectivity index (χ4n) is 2.40. The Morgan fingerprint density at radius 2 is 2.12 bits per heavy atom. The number of carbonyl (C=O) groups excluding carboxylic acids is 1. The smallest absolute Gasteiger partial charge is 0.272 e. The summed E-state index contributed by atoms with van der Waals surface area (Å²) in [5.41, 5.74) is 2.08. The van der Waals surface area contributed by atoms with E-state index >= 15 is 0 Å². The SMILES string of the molecule is CCCCOc1ncccc1CNC(=O)c1n[nH]c2ccccc12. The van der Waals surface area contributed by atoms with Gasteiger partial charge in [-0.25, -0.2) is 4.98 Å². The number of benzene rings is 1. The number of H-pyrrole nitrogens is 1. The van der Waals surface area contributed by atoms with Crippen molar-refractivity contribution in [2.24, 2.45) is 0 Å². The Morgan fingerprint density at radius 3 is 3.00 bits per heavy atom. The predicted molar refractivity (Wildman–Crippen MR) is 91.9 cm³/mol. The van der Waals surface area contributed by atoms with Crippen molar-refractivity contribution in [2.45, 2.75) is 26.3 Å². The van der Waals surface area contributed by atoms with E-state index in [4.69, 9.17) is 4.74 Å². The quantitative estimate of drug-likeness (QED) is 0.655. The molecule has 0 aliphatic carbocycles. The lowest BCUT2D eigenvalue weighted by Gasteiger charge is -2.10. The molecule has 0 spiro atoms. The summed E-state index contributed by atoms with van der Waals surface area (Å²) in [6.07, 6.45) is 3.72. The Kier molecular flexibility index (Phi) is 5.05. The first-order valence-electron chi connectivity index (χ1n) is 8.07. The van der Waals surface area contributed by atoms with Gasteiger partial charge in [-0.15, -0.1) is 0 Å². The van der Waals surface area contributed by atoms with Crippen LogP contribution in [-0.2, 0) is 6.54 Å².